The fourth-order valence-corrected chi connectivity index (χ4v) is 6.17. The number of hydrogen-bond acceptors (Lipinski definition) is 3. The molecule has 0 unspecified atom stereocenters. The molecule has 0 aromatic carbocycles. The molecule has 138 valence electrons. The summed E-state index contributed by atoms with van der Waals surface area (Å²) in [6.07, 6.45) is 7.46. The maximum Gasteiger partial charge on any atom is 0.224 e. The highest BCUT2D eigenvalue weighted by atomic mass is 16.5. The van der Waals surface area contributed by atoms with Crippen molar-refractivity contribution < 1.29 is 14.3 Å². The number of allylic oxidation sites excluding steroid dienone is 6. The van der Waals surface area contributed by atoms with E-state index in [4.69, 9.17) is 4.74 Å². The van der Waals surface area contributed by atoms with Crippen LogP contribution in [-0.4, -0.2) is 18.2 Å². The second kappa shape index (κ2) is 5.55. The van der Waals surface area contributed by atoms with Crippen molar-refractivity contribution in [3.8, 4) is 0 Å². The molecule has 0 N–H and O–H groups in total. The quantitative estimate of drug-likeness (QED) is 0.534. The fourth-order valence-electron chi connectivity index (χ4n) is 6.17. The number of ether oxygens (including phenoxy) is 1. The first-order valence-electron chi connectivity index (χ1n) is 9.77. The summed E-state index contributed by atoms with van der Waals surface area (Å²) in [6.45, 7) is 13.5. The van der Waals surface area contributed by atoms with Crippen molar-refractivity contribution in [1.82, 2.24) is 0 Å². The van der Waals surface area contributed by atoms with E-state index in [2.05, 4.69) is 33.4 Å². The van der Waals surface area contributed by atoms with Gasteiger partial charge >= 0.3 is 0 Å². The predicted molar refractivity (Wildman–Crippen MR) is 101 cm³/mol. The van der Waals surface area contributed by atoms with Crippen molar-refractivity contribution in [1.29, 1.82) is 0 Å². The van der Waals surface area contributed by atoms with Crippen LogP contribution in [0.1, 0.15) is 53.4 Å². The molecule has 26 heavy (non-hydrogen) atoms. The molecule has 4 atom stereocenters. The Kier molecular flexibility index (Phi) is 3.74. The zero-order valence-corrected chi connectivity index (χ0v) is 16.3. The lowest BCUT2D eigenvalue weighted by Crippen LogP contribution is -2.53. The number of carbonyl (C=O) groups excluding carboxylic acids is 2. The lowest BCUT2D eigenvalue weighted by molar-refractivity contribution is -0.120. The standard InChI is InChI=1S/C23H28O3/c1-6-26-18-10-17(24)20-15-11-22(4)13(2)8-7-9-19(22)23(5,14(15)3)12-16(20)21(18)25/h8,10,15,19H,3,6-7,9,11-12H2,1-2,4-5H3/t15-,19+,22+,23-/m0/s1. The Morgan fingerprint density at radius 3 is 2.69 bits per heavy atom. The molecule has 3 heteroatoms. The van der Waals surface area contributed by atoms with Crippen LogP contribution in [0.2, 0.25) is 0 Å². The van der Waals surface area contributed by atoms with Crippen LogP contribution in [0.4, 0.5) is 0 Å². The van der Waals surface area contributed by atoms with Crippen molar-refractivity contribution in [2.24, 2.45) is 22.7 Å². The fraction of sp³-hybridized carbons (Fsp3) is 0.565. The molecule has 3 nitrogen and oxygen atoms in total. The van der Waals surface area contributed by atoms with Crippen LogP contribution in [0.25, 0.3) is 0 Å². The molecule has 0 heterocycles. The minimum Gasteiger partial charge on any atom is -0.490 e. The van der Waals surface area contributed by atoms with Crippen molar-refractivity contribution in [2.45, 2.75) is 53.4 Å². The summed E-state index contributed by atoms with van der Waals surface area (Å²) in [6, 6.07) is 0. The molecule has 0 radical (unpaired) electrons. The van der Waals surface area contributed by atoms with Gasteiger partial charge < -0.3 is 4.74 Å². The Labute approximate surface area is 155 Å². The highest BCUT2D eigenvalue weighted by molar-refractivity contribution is 6.22. The van der Waals surface area contributed by atoms with Gasteiger partial charge in [0.2, 0.25) is 5.78 Å². The topological polar surface area (TPSA) is 43.4 Å². The monoisotopic (exact) mass is 352 g/mol. The van der Waals surface area contributed by atoms with Crippen LogP contribution in [0, 0.1) is 22.7 Å². The second-order valence-electron chi connectivity index (χ2n) is 8.84. The maximum atomic E-state index is 13.0. The number of fused-ring (bicyclic) bond motifs is 5. The number of hydrogen-bond donors (Lipinski definition) is 0. The van der Waals surface area contributed by atoms with Gasteiger partial charge in [-0.15, -0.1) is 0 Å². The maximum absolute atomic E-state index is 13.0. The van der Waals surface area contributed by atoms with Gasteiger partial charge in [-0.05, 0) is 56.3 Å². The van der Waals surface area contributed by atoms with Crippen LogP contribution in [0.3, 0.4) is 0 Å². The molecule has 1 fully saturated rings. The Morgan fingerprint density at radius 2 is 2.00 bits per heavy atom. The molecule has 0 saturated heterocycles. The van der Waals surface area contributed by atoms with Crippen LogP contribution in [0.15, 0.2) is 46.8 Å². The van der Waals surface area contributed by atoms with Gasteiger partial charge in [-0.2, -0.15) is 0 Å². The highest BCUT2D eigenvalue weighted by Gasteiger charge is 2.59. The second-order valence-corrected chi connectivity index (χ2v) is 8.84. The Hall–Kier alpha value is -1.90. The lowest BCUT2D eigenvalue weighted by atomic mass is 9.42. The van der Waals surface area contributed by atoms with E-state index in [9.17, 15) is 9.59 Å². The molecule has 4 aliphatic carbocycles. The Balaban J connectivity index is 1.86. The summed E-state index contributed by atoms with van der Waals surface area (Å²) < 4.78 is 5.46. The number of ketones is 2. The summed E-state index contributed by atoms with van der Waals surface area (Å²) in [7, 11) is 0. The van der Waals surface area contributed by atoms with E-state index in [-0.39, 0.29) is 34.1 Å². The molecule has 0 spiro atoms. The largest absolute Gasteiger partial charge is 0.490 e. The van der Waals surface area contributed by atoms with Gasteiger partial charge in [0, 0.05) is 23.1 Å². The average Bonchev–Trinajstić information content (AvgIpc) is 2.58. The van der Waals surface area contributed by atoms with Gasteiger partial charge in [0.15, 0.2) is 11.5 Å². The third-order valence-electron chi connectivity index (χ3n) is 7.67. The molecule has 0 aromatic rings. The zero-order chi connectivity index (χ0) is 18.9. The molecule has 0 aromatic heterocycles. The average molecular weight is 352 g/mol. The molecule has 1 saturated carbocycles. The van der Waals surface area contributed by atoms with Crippen LogP contribution in [-0.2, 0) is 14.3 Å². The summed E-state index contributed by atoms with van der Waals surface area (Å²) in [5.41, 5.74) is 3.90. The molecular weight excluding hydrogens is 324 g/mol. The summed E-state index contributed by atoms with van der Waals surface area (Å²) in [5, 5.41) is 0. The van der Waals surface area contributed by atoms with Gasteiger partial charge in [0.1, 0.15) is 0 Å². The minimum atomic E-state index is -0.142. The molecule has 0 aliphatic heterocycles. The van der Waals surface area contributed by atoms with Crippen LogP contribution < -0.4 is 0 Å². The van der Waals surface area contributed by atoms with Crippen molar-refractivity contribution in [3.63, 3.8) is 0 Å². The van der Waals surface area contributed by atoms with Crippen molar-refractivity contribution >= 4 is 11.6 Å². The van der Waals surface area contributed by atoms with Crippen LogP contribution >= 0.6 is 0 Å². The predicted octanol–water partition coefficient (Wildman–Crippen LogP) is 4.70. The van der Waals surface area contributed by atoms with E-state index in [1.54, 1.807) is 0 Å². The smallest absolute Gasteiger partial charge is 0.224 e. The minimum absolute atomic E-state index is 0.0256. The first-order valence-corrected chi connectivity index (χ1v) is 9.77. The lowest BCUT2D eigenvalue weighted by Gasteiger charge is -2.61. The Morgan fingerprint density at radius 1 is 1.27 bits per heavy atom. The third-order valence-corrected chi connectivity index (χ3v) is 7.67. The zero-order valence-electron chi connectivity index (χ0n) is 16.3. The first kappa shape index (κ1) is 17.5. The highest BCUT2D eigenvalue weighted by Crippen LogP contribution is 2.67. The van der Waals surface area contributed by atoms with E-state index < -0.39 is 0 Å². The summed E-state index contributed by atoms with van der Waals surface area (Å²) in [4.78, 5) is 26.0. The SMILES string of the molecule is C=C1[C@@H]2C[C@]3(C)C(C)=CCC[C@H]3[C@@]1(C)CC1=C2C(=O)C=C(OCC)C1=O. The number of Topliss-reactive ketones (excluding diaryl/α,β-unsaturated/α-hetero) is 1. The first-order chi connectivity index (χ1) is 12.2. The van der Waals surface area contributed by atoms with E-state index >= 15 is 0 Å². The number of rotatable bonds is 2. The van der Waals surface area contributed by atoms with E-state index in [1.165, 1.54) is 11.6 Å². The molecule has 2 bridgehead atoms. The van der Waals surface area contributed by atoms with Crippen molar-refractivity contribution in [2.75, 3.05) is 6.61 Å². The van der Waals surface area contributed by atoms with Crippen LogP contribution in [0.5, 0.6) is 0 Å². The third kappa shape index (κ3) is 2.06. The van der Waals surface area contributed by atoms with E-state index in [0.717, 1.165) is 24.8 Å². The van der Waals surface area contributed by atoms with Crippen molar-refractivity contribution in [3.05, 3.63) is 46.8 Å². The molecule has 4 rings (SSSR count). The van der Waals surface area contributed by atoms with Gasteiger partial charge in [-0.25, -0.2) is 0 Å². The normalized spacial score (nSPS) is 39.2. The Bertz CT molecular complexity index is 824. The van der Waals surface area contributed by atoms with E-state index in [0.29, 0.717) is 30.1 Å². The van der Waals surface area contributed by atoms with E-state index in [1.807, 2.05) is 6.92 Å². The van der Waals surface area contributed by atoms with Gasteiger partial charge in [-0.1, -0.05) is 37.6 Å². The molecular formula is C23H28O3. The number of carbonyl (C=O) groups is 2. The summed E-state index contributed by atoms with van der Waals surface area (Å²) >= 11 is 0. The van der Waals surface area contributed by atoms with Gasteiger partial charge in [-0.3, -0.25) is 9.59 Å². The van der Waals surface area contributed by atoms with Gasteiger partial charge in [0.25, 0.3) is 0 Å². The molecule has 4 aliphatic rings. The summed E-state index contributed by atoms with van der Waals surface area (Å²) in [5.74, 6) is 0.505. The molecule has 0 amide bonds. The van der Waals surface area contributed by atoms with Gasteiger partial charge in [0.05, 0.1) is 6.61 Å².